The minimum absolute atomic E-state index is 0.0540. The van der Waals surface area contributed by atoms with Crippen molar-refractivity contribution < 1.29 is 24.1 Å². The minimum Gasteiger partial charge on any atom is -0.318 e. The van der Waals surface area contributed by atoms with Gasteiger partial charge in [0.05, 0.1) is 31.9 Å². The van der Waals surface area contributed by atoms with Crippen molar-refractivity contribution in [1.29, 1.82) is 0 Å². The van der Waals surface area contributed by atoms with Crippen LogP contribution in [0, 0.1) is 6.92 Å². The molecule has 2 heterocycles. The molecule has 0 fully saturated rings. The van der Waals surface area contributed by atoms with Crippen LogP contribution in [0.3, 0.4) is 0 Å². The summed E-state index contributed by atoms with van der Waals surface area (Å²) in [6.45, 7) is 4.65. The first-order valence-corrected chi connectivity index (χ1v) is 25.0. The van der Waals surface area contributed by atoms with Gasteiger partial charge in [-0.25, -0.2) is 19.6 Å². The fraction of sp³-hybridized carbons (Fsp3) is 0.173. The molecule has 0 unspecified atom stereocenters. The molecule has 0 aliphatic heterocycles. The first-order valence-electron chi connectivity index (χ1n) is 21.3. The maximum absolute atomic E-state index is 13.5. The molecule has 0 saturated heterocycles. The zero-order chi connectivity index (χ0) is 45.8. The predicted octanol–water partition coefficient (Wildman–Crippen LogP) is 13.6. The van der Waals surface area contributed by atoms with Gasteiger partial charge in [-0.3, -0.25) is 4.79 Å². The molecule has 0 N–H and O–H groups in total. The second-order valence-electron chi connectivity index (χ2n) is 15.2. The van der Waals surface area contributed by atoms with Crippen molar-refractivity contribution in [1.82, 2.24) is 9.97 Å². The molecular formula is C52H45N5O5S4. The van der Waals surface area contributed by atoms with Gasteiger partial charge in [-0.2, -0.15) is 0 Å². The van der Waals surface area contributed by atoms with Crippen LogP contribution in [0.15, 0.2) is 165 Å². The smallest absolute Gasteiger partial charge is 0.318 e. The van der Waals surface area contributed by atoms with Crippen LogP contribution in [0.2, 0.25) is 0 Å². The number of para-hydroxylation sites is 2. The van der Waals surface area contributed by atoms with Crippen LogP contribution in [0.25, 0.3) is 20.4 Å². The number of nitrogens with zero attached hydrogens (tertiary/aromatic N) is 5. The molecule has 10 nitrogen and oxygen atoms in total. The van der Waals surface area contributed by atoms with E-state index in [9.17, 15) is 14.4 Å². The first-order chi connectivity index (χ1) is 32.2. The lowest BCUT2D eigenvalue weighted by molar-refractivity contribution is -0.141. The Balaban J connectivity index is 1.03. The third kappa shape index (κ3) is 12.1. The molecule has 6 aromatic carbocycles. The van der Waals surface area contributed by atoms with Gasteiger partial charge in [0.2, 0.25) is 0 Å². The lowest BCUT2D eigenvalue weighted by atomic mass is 10.0. The quantitative estimate of drug-likeness (QED) is 0.0193. The number of hydrogen-bond donors (Lipinski definition) is 0. The lowest BCUT2D eigenvalue weighted by Crippen LogP contribution is -2.12. The van der Waals surface area contributed by atoms with Gasteiger partial charge in [0, 0.05) is 53.5 Å². The number of anilines is 3. The van der Waals surface area contributed by atoms with Crippen LogP contribution in [-0.2, 0) is 19.3 Å². The van der Waals surface area contributed by atoms with E-state index < -0.39 is 11.9 Å². The van der Waals surface area contributed by atoms with Gasteiger partial charge in [0.1, 0.15) is 0 Å². The Bertz CT molecular complexity index is 2820. The molecule has 8 aromatic rings. The van der Waals surface area contributed by atoms with Crippen LogP contribution in [0.5, 0.6) is 0 Å². The number of aromatic nitrogens is 2. The zero-order valence-corrected chi connectivity index (χ0v) is 39.8. The summed E-state index contributed by atoms with van der Waals surface area (Å²) >= 11 is 6.78. The molecule has 0 atom stereocenters. The molecular weight excluding hydrogens is 903 g/mol. The first kappa shape index (κ1) is 46.1. The van der Waals surface area contributed by atoms with Crippen molar-refractivity contribution in [2.24, 2.45) is 10.3 Å². The van der Waals surface area contributed by atoms with Gasteiger partial charge in [-0.1, -0.05) is 106 Å². The summed E-state index contributed by atoms with van der Waals surface area (Å²) in [4.78, 5) is 59.2. The van der Waals surface area contributed by atoms with Crippen LogP contribution >= 0.6 is 46.2 Å². The SMILES string of the molecule is CC(=O)ON=C(CCCSc1nc2ccccc2s1)c1ccc(N(c2ccc(C(=O)c3cccc(C)c3)cc2)c2ccc(C(CCCSc3nc4ccccc4s3)=NOC(C)=O)cc2)cc1. The van der Waals surface area contributed by atoms with Gasteiger partial charge < -0.3 is 14.6 Å². The average molecular weight is 948 g/mol. The number of fused-ring (bicyclic) bond motifs is 2. The van der Waals surface area contributed by atoms with Gasteiger partial charge in [0.15, 0.2) is 14.5 Å². The Morgan fingerprint density at radius 3 is 1.41 bits per heavy atom. The molecule has 0 spiro atoms. The van der Waals surface area contributed by atoms with Crippen molar-refractivity contribution >= 4 is 113 Å². The zero-order valence-electron chi connectivity index (χ0n) is 36.5. The minimum atomic E-state index is -0.490. The van der Waals surface area contributed by atoms with Crippen LogP contribution in [0.1, 0.15) is 72.1 Å². The van der Waals surface area contributed by atoms with E-state index in [1.54, 1.807) is 46.2 Å². The number of benzene rings is 6. The van der Waals surface area contributed by atoms with Crippen molar-refractivity contribution in [3.05, 3.63) is 173 Å². The Labute approximate surface area is 399 Å². The summed E-state index contributed by atoms with van der Waals surface area (Å²) in [6, 6.07) is 47.4. The maximum atomic E-state index is 13.5. The van der Waals surface area contributed by atoms with E-state index in [-0.39, 0.29) is 5.78 Å². The van der Waals surface area contributed by atoms with Crippen LogP contribution in [-0.4, -0.2) is 50.6 Å². The van der Waals surface area contributed by atoms with E-state index >= 15 is 0 Å². The second-order valence-corrected chi connectivity index (χ2v) is 20.0. The van der Waals surface area contributed by atoms with Crippen LogP contribution in [0.4, 0.5) is 17.1 Å². The standard InChI is InChI=1S/C52H45N5O5S4/c1-34-11-8-12-40(33-34)50(60)39-23-29-43(30-24-39)57(41-25-19-37(20-26-41)44(55-61-35(2)58)15-9-31-63-51-53-46-13-4-6-17-48(46)65-51)42-27-21-38(22-28-42)45(56-62-36(3)59)16-10-32-64-52-54-47-14-5-7-18-49(47)66-52/h4-8,11-14,17-30,33H,9-10,15-16,31-32H2,1-3H3. The summed E-state index contributed by atoms with van der Waals surface area (Å²) in [5.74, 6) is 0.605. The maximum Gasteiger partial charge on any atom is 0.331 e. The molecule has 66 heavy (non-hydrogen) atoms. The van der Waals surface area contributed by atoms with Crippen molar-refractivity contribution in [3.8, 4) is 0 Å². The molecule has 0 saturated carbocycles. The van der Waals surface area contributed by atoms with Crippen LogP contribution < -0.4 is 4.90 Å². The molecule has 8 rings (SSSR count). The Kier molecular flexibility index (Phi) is 15.5. The summed E-state index contributed by atoms with van der Waals surface area (Å²) in [5.41, 5.74) is 9.74. The number of thioether (sulfide) groups is 2. The number of oxime groups is 2. The van der Waals surface area contributed by atoms with Gasteiger partial charge in [-0.05, 0) is 123 Å². The highest BCUT2D eigenvalue weighted by Gasteiger charge is 2.18. The highest BCUT2D eigenvalue weighted by Crippen LogP contribution is 2.36. The van der Waals surface area contributed by atoms with Gasteiger partial charge >= 0.3 is 11.9 Å². The number of hydrogen-bond acceptors (Lipinski definition) is 14. The topological polar surface area (TPSA) is 123 Å². The highest BCUT2D eigenvalue weighted by atomic mass is 32.2. The number of carbonyl (C=O) groups is 3. The number of thiazole rings is 2. The van der Waals surface area contributed by atoms with E-state index in [1.165, 1.54) is 13.8 Å². The van der Waals surface area contributed by atoms with E-state index in [2.05, 4.69) is 27.3 Å². The third-order valence-corrected chi connectivity index (χ3v) is 14.8. The molecule has 0 amide bonds. The Morgan fingerprint density at radius 1 is 0.545 bits per heavy atom. The predicted molar refractivity (Wildman–Crippen MR) is 271 cm³/mol. The molecule has 14 heteroatoms. The monoisotopic (exact) mass is 947 g/mol. The Morgan fingerprint density at radius 2 is 0.985 bits per heavy atom. The number of ketones is 1. The summed E-state index contributed by atoms with van der Waals surface area (Å²) < 4.78 is 4.36. The largest absolute Gasteiger partial charge is 0.331 e. The van der Waals surface area contributed by atoms with Crippen molar-refractivity contribution in [2.75, 3.05) is 16.4 Å². The molecule has 0 bridgehead atoms. The normalized spacial score (nSPS) is 11.8. The summed E-state index contributed by atoms with van der Waals surface area (Å²) in [5, 5.41) is 8.55. The molecule has 0 aliphatic rings. The number of aryl methyl sites for hydroxylation is 1. The summed E-state index contributed by atoms with van der Waals surface area (Å²) in [7, 11) is 0. The van der Waals surface area contributed by atoms with E-state index in [0.717, 1.165) is 87.2 Å². The van der Waals surface area contributed by atoms with E-state index in [0.29, 0.717) is 35.4 Å². The molecule has 0 aliphatic carbocycles. The third-order valence-electron chi connectivity index (χ3n) is 10.3. The van der Waals surface area contributed by atoms with Crippen molar-refractivity contribution in [2.45, 2.75) is 55.1 Å². The van der Waals surface area contributed by atoms with Crippen molar-refractivity contribution in [3.63, 3.8) is 0 Å². The Hall–Kier alpha value is -6.45. The fourth-order valence-electron chi connectivity index (χ4n) is 7.12. The van der Waals surface area contributed by atoms with Gasteiger partial charge in [-0.15, -0.1) is 22.7 Å². The molecule has 0 radical (unpaired) electrons. The molecule has 332 valence electrons. The second kappa shape index (κ2) is 22.2. The lowest BCUT2D eigenvalue weighted by Gasteiger charge is -2.26. The molecule has 2 aromatic heterocycles. The van der Waals surface area contributed by atoms with E-state index in [4.69, 9.17) is 19.6 Å². The highest BCUT2D eigenvalue weighted by molar-refractivity contribution is 8.01. The fourth-order valence-corrected chi connectivity index (χ4v) is 11.3. The number of rotatable bonds is 19. The van der Waals surface area contributed by atoms with E-state index in [1.807, 2.05) is 140 Å². The summed E-state index contributed by atoms with van der Waals surface area (Å²) in [6.07, 6.45) is 2.76. The average Bonchev–Trinajstić information content (AvgIpc) is 3.95. The number of carbonyl (C=O) groups excluding carboxylic acids is 3. The van der Waals surface area contributed by atoms with Gasteiger partial charge in [0.25, 0.3) is 0 Å².